The van der Waals surface area contributed by atoms with E-state index in [1.54, 1.807) is 24.3 Å². The number of hydrogen-bond donors (Lipinski definition) is 3. The smallest absolute Gasteiger partial charge is 0.262 e. The SMILES string of the molecule is O=C1Nc2ccccc2[C@H]1[C@@]1(O)C(=O)Nc2ccc(F)cc21. The zero-order chi connectivity index (χ0) is 15.5. The van der Waals surface area contributed by atoms with E-state index in [9.17, 15) is 19.1 Å². The number of carbonyl (C=O) groups excluding carboxylic acids is 2. The number of rotatable bonds is 1. The molecule has 0 spiro atoms. The lowest BCUT2D eigenvalue weighted by molar-refractivity contribution is -0.141. The van der Waals surface area contributed by atoms with Gasteiger partial charge in [0.15, 0.2) is 5.60 Å². The van der Waals surface area contributed by atoms with Crippen molar-refractivity contribution < 1.29 is 19.1 Å². The molecule has 0 aromatic heterocycles. The maximum absolute atomic E-state index is 13.6. The highest BCUT2D eigenvalue weighted by atomic mass is 19.1. The Hall–Kier alpha value is -2.73. The number of anilines is 2. The molecule has 0 aliphatic carbocycles. The molecule has 0 bridgehead atoms. The molecule has 2 aliphatic rings. The zero-order valence-corrected chi connectivity index (χ0v) is 11.3. The monoisotopic (exact) mass is 298 g/mol. The van der Waals surface area contributed by atoms with E-state index in [1.807, 2.05) is 0 Å². The van der Waals surface area contributed by atoms with Crippen LogP contribution in [-0.2, 0) is 15.2 Å². The molecule has 0 saturated carbocycles. The Morgan fingerprint density at radius 3 is 2.64 bits per heavy atom. The molecule has 0 radical (unpaired) electrons. The third-order valence-corrected chi connectivity index (χ3v) is 4.20. The standard InChI is InChI=1S/C16H11FN2O3/c17-8-5-6-12-10(7-8)16(22,15(21)19-12)13-9-3-1-2-4-11(9)18-14(13)20/h1-7,13,22H,(H,18,20)(H,19,21)/t13-,16-/m1/s1. The van der Waals surface area contributed by atoms with Gasteiger partial charge in [-0.3, -0.25) is 9.59 Å². The van der Waals surface area contributed by atoms with Gasteiger partial charge in [0.05, 0.1) is 0 Å². The van der Waals surface area contributed by atoms with Crippen molar-refractivity contribution in [3.63, 3.8) is 0 Å². The van der Waals surface area contributed by atoms with E-state index < -0.39 is 29.2 Å². The van der Waals surface area contributed by atoms with Crippen molar-refractivity contribution in [3.8, 4) is 0 Å². The zero-order valence-electron chi connectivity index (χ0n) is 11.3. The minimum absolute atomic E-state index is 0.0781. The van der Waals surface area contributed by atoms with Crippen LogP contribution >= 0.6 is 0 Å². The first-order valence-corrected chi connectivity index (χ1v) is 6.75. The van der Waals surface area contributed by atoms with Crippen molar-refractivity contribution in [2.75, 3.05) is 10.6 Å². The van der Waals surface area contributed by atoms with Crippen LogP contribution in [0.3, 0.4) is 0 Å². The molecule has 4 rings (SSSR count). The van der Waals surface area contributed by atoms with Crippen LogP contribution in [0.1, 0.15) is 17.0 Å². The number of fused-ring (bicyclic) bond motifs is 2. The van der Waals surface area contributed by atoms with Gasteiger partial charge >= 0.3 is 0 Å². The number of hydrogen-bond acceptors (Lipinski definition) is 3. The third-order valence-electron chi connectivity index (χ3n) is 4.20. The van der Waals surface area contributed by atoms with Crippen LogP contribution in [0.4, 0.5) is 15.8 Å². The summed E-state index contributed by atoms with van der Waals surface area (Å²) in [5, 5.41) is 16.2. The van der Waals surface area contributed by atoms with Crippen LogP contribution in [0.15, 0.2) is 42.5 Å². The van der Waals surface area contributed by atoms with Gasteiger partial charge in [0.2, 0.25) is 5.91 Å². The summed E-state index contributed by atoms with van der Waals surface area (Å²) in [6, 6.07) is 10.5. The lowest BCUT2D eigenvalue weighted by atomic mass is 9.78. The second-order valence-corrected chi connectivity index (χ2v) is 5.42. The summed E-state index contributed by atoms with van der Waals surface area (Å²) < 4.78 is 13.6. The quantitative estimate of drug-likeness (QED) is 0.750. The van der Waals surface area contributed by atoms with Gasteiger partial charge in [-0.25, -0.2) is 4.39 Å². The van der Waals surface area contributed by atoms with Crippen LogP contribution in [0.25, 0.3) is 0 Å². The minimum Gasteiger partial charge on any atom is -0.374 e. The number of halogens is 1. The Morgan fingerprint density at radius 1 is 1.05 bits per heavy atom. The molecule has 0 unspecified atom stereocenters. The highest BCUT2D eigenvalue weighted by molar-refractivity contribution is 6.13. The van der Waals surface area contributed by atoms with Gasteiger partial charge in [-0.15, -0.1) is 0 Å². The normalized spacial score (nSPS) is 25.5. The van der Waals surface area contributed by atoms with Crippen molar-refractivity contribution in [3.05, 3.63) is 59.4 Å². The largest absolute Gasteiger partial charge is 0.374 e. The molecule has 2 aromatic carbocycles. The first kappa shape index (κ1) is 13.0. The number of benzene rings is 2. The Kier molecular flexibility index (Phi) is 2.44. The van der Waals surface area contributed by atoms with Gasteiger partial charge in [0, 0.05) is 16.9 Å². The fourth-order valence-electron chi connectivity index (χ4n) is 3.19. The van der Waals surface area contributed by atoms with Crippen molar-refractivity contribution >= 4 is 23.2 Å². The maximum Gasteiger partial charge on any atom is 0.262 e. The van der Waals surface area contributed by atoms with Gasteiger partial charge in [-0.1, -0.05) is 18.2 Å². The van der Waals surface area contributed by atoms with E-state index in [1.165, 1.54) is 12.1 Å². The summed E-state index contributed by atoms with van der Waals surface area (Å²) in [5.74, 6) is -2.92. The molecule has 0 fully saturated rings. The summed E-state index contributed by atoms with van der Waals surface area (Å²) in [4.78, 5) is 24.7. The van der Waals surface area contributed by atoms with Gasteiger partial charge in [0.25, 0.3) is 5.91 Å². The summed E-state index contributed by atoms with van der Waals surface area (Å²) in [5.41, 5.74) is -0.681. The van der Waals surface area contributed by atoms with Crippen LogP contribution in [0.2, 0.25) is 0 Å². The van der Waals surface area contributed by atoms with Crippen LogP contribution in [0, 0.1) is 5.82 Å². The predicted octanol–water partition coefficient (Wildman–Crippen LogP) is 1.70. The van der Waals surface area contributed by atoms with Crippen molar-refractivity contribution in [1.82, 2.24) is 0 Å². The van der Waals surface area contributed by atoms with E-state index in [2.05, 4.69) is 10.6 Å². The molecule has 2 heterocycles. The molecule has 6 heteroatoms. The van der Waals surface area contributed by atoms with Crippen molar-refractivity contribution in [2.45, 2.75) is 11.5 Å². The summed E-state index contributed by atoms with van der Waals surface area (Å²) in [7, 11) is 0. The highest BCUT2D eigenvalue weighted by Gasteiger charge is 2.57. The lowest BCUT2D eigenvalue weighted by Crippen LogP contribution is -2.43. The number of amides is 2. The number of nitrogens with one attached hydrogen (secondary N) is 2. The molecule has 0 saturated heterocycles. The maximum atomic E-state index is 13.6. The lowest BCUT2D eigenvalue weighted by Gasteiger charge is -2.26. The van der Waals surface area contributed by atoms with Gasteiger partial charge in [-0.2, -0.15) is 0 Å². The fraction of sp³-hybridized carbons (Fsp3) is 0.125. The molecular weight excluding hydrogens is 287 g/mol. The third kappa shape index (κ3) is 1.50. The Bertz CT molecular complexity index is 836. The Morgan fingerprint density at radius 2 is 1.82 bits per heavy atom. The molecule has 2 aliphatic heterocycles. The van der Waals surface area contributed by atoms with E-state index in [0.29, 0.717) is 16.9 Å². The summed E-state index contributed by atoms with van der Waals surface area (Å²) in [6.45, 7) is 0. The molecule has 2 aromatic rings. The average Bonchev–Trinajstić information content (AvgIpc) is 2.95. The first-order chi connectivity index (χ1) is 10.5. The van der Waals surface area contributed by atoms with Gasteiger partial charge in [0.1, 0.15) is 11.7 Å². The van der Waals surface area contributed by atoms with E-state index in [-0.39, 0.29) is 5.56 Å². The first-order valence-electron chi connectivity index (χ1n) is 6.75. The van der Waals surface area contributed by atoms with Crippen LogP contribution in [-0.4, -0.2) is 16.9 Å². The van der Waals surface area contributed by atoms with Crippen LogP contribution < -0.4 is 10.6 Å². The molecule has 110 valence electrons. The fourth-order valence-corrected chi connectivity index (χ4v) is 3.19. The second kappa shape index (κ2) is 4.14. The van der Waals surface area contributed by atoms with Gasteiger partial charge < -0.3 is 15.7 Å². The summed E-state index contributed by atoms with van der Waals surface area (Å²) >= 11 is 0. The van der Waals surface area contributed by atoms with E-state index in [4.69, 9.17) is 0 Å². The van der Waals surface area contributed by atoms with E-state index >= 15 is 0 Å². The summed E-state index contributed by atoms with van der Waals surface area (Å²) in [6.07, 6.45) is 0. The molecule has 22 heavy (non-hydrogen) atoms. The van der Waals surface area contributed by atoms with Gasteiger partial charge in [-0.05, 0) is 29.8 Å². The van der Waals surface area contributed by atoms with E-state index in [0.717, 1.165) is 6.07 Å². The Labute approximate surface area is 124 Å². The minimum atomic E-state index is -2.13. The topological polar surface area (TPSA) is 78.4 Å². The van der Waals surface area contributed by atoms with Crippen molar-refractivity contribution in [2.24, 2.45) is 0 Å². The molecular formula is C16H11FN2O3. The molecule has 2 amide bonds. The molecule has 5 nitrogen and oxygen atoms in total. The number of aliphatic hydroxyl groups is 1. The second-order valence-electron chi connectivity index (χ2n) is 5.42. The highest BCUT2D eigenvalue weighted by Crippen LogP contribution is 2.49. The Balaban J connectivity index is 1.95. The average molecular weight is 298 g/mol. The van der Waals surface area contributed by atoms with Crippen LogP contribution in [0.5, 0.6) is 0 Å². The predicted molar refractivity (Wildman–Crippen MR) is 76.7 cm³/mol. The molecule has 2 atom stereocenters. The van der Waals surface area contributed by atoms with Crippen molar-refractivity contribution in [1.29, 1.82) is 0 Å². The number of carbonyl (C=O) groups is 2. The number of para-hydroxylation sites is 1. The molecule has 3 N–H and O–H groups in total.